The van der Waals surface area contributed by atoms with Crippen molar-refractivity contribution in [1.29, 1.82) is 0 Å². The maximum atomic E-state index is 10.5. The fourth-order valence-electron chi connectivity index (χ4n) is 4.45. The highest BCUT2D eigenvalue weighted by molar-refractivity contribution is 5.83. The van der Waals surface area contributed by atoms with Gasteiger partial charge in [-0.1, -0.05) is 54.6 Å². The molecule has 4 aromatic rings. The lowest BCUT2D eigenvalue weighted by Gasteiger charge is -2.46. The normalized spacial score (nSPS) is 18.9. The Balaban J connectivity index is 1.45. The SMILES string of the molecule is CC(C)(O)C(C)(C)OC1CCC1c1ccc(-c2nc3ccccc3n2-c2ccccc2)cc1. The summed E-state index contributed by atoms with van der Waals surface area (Å²) in [6.45, 7) is 7.57. The van der Waals surface area contributed by atoms with E-state index in [9.17, 15) is 5.11 Å². The molecule has 5 rings (SSSR count). The summed E-state index contributed by atoms with van der Waals surface area (Å²) in [5.74, 6) is 1.30. The number of aromatic nitrogens is 2. The lowest BCUT2D eigenvalue weighted by Crippen LogP contribution is -2.51. The van der Waals surface area contributed by atoms with Crippen molar-refractivity contribution in [1.82, 2.24) is 9.55 Å². The molecule has 2 atom stereocenters. The van der Waals surface area contributed by atoms with E-state index < -0.39 is 11.2 Å². The number of para-hydroxylation sites is 3. The summed E-state index contributed by atoms with van der Waals surface area (Å²) in [5, 5.41) is 10.5. The summed E-state index contributed by atoms with van der Waals surface area (Å²) in [4.78, 5) is 4.97. The molecule has 1 saturated carbocycles. The zero-order chi connectivity index (χ0) is 23.2. The highest BCUT2D eigenvalue weighted by Gasteiger charge is 2.43. The van der Waals surface area contributed by atoms with Gasteiger partial charge in [0.05, 0.1) is 28.3 Å². The molecule has 170 valence electrons. The largest absolute Gasteiger partial charge is 0.387 e. The van der Waals surface area contributed by atoms with Gasteiger partial charge < -0.3 is 9.84 Å². The maximum Gasteiger partial charge on any atom is 0.145 e. The molecule has 0 saturated heterocycles. The molecular weight excluding hydrogens is 408 g/mol. The standard InChI is InChI=1S/C29H32N2O2/c1-28(2,32)29(3,4)33-26-19-18-23(26)20-14-16-21(17-15-20)27-30-24-12-8-9-13-25(24)31(27)22-10-6-5-7-11-22/h5-17,23,26,32H,18-19H2,1-4H3. The quantitative estimate of drug-likeness (QED) is 0.372. The summed E-state index contributed by atoms with van der Waals surface area (Å²) in [6.07, 6.45) is 2.26. The van der Waals surface area contributed by atoms with E-state index in [0.717, 1.165) is 41.0 Å². The van der Waals surface area contributed by atoms with Gasteiger partial charge in [0.15, 0.2) is 0 Å². The Morgan fingerprint density at radius 2 is 1.52 bits per heavy atom. The molecule has 33 heavy (non-hydrogen) atoms. The Bertz CT molecular complexity index is 1250. The van der Waals surface area contributed by atoms with Crippen molar-refractivity contribution in [2.24, 2.45) is 0 Å². The average Bonchev–Trinajstić information content (AvgIpc) is 3.17. The number of ether oxygens (including phenoxy) is 1. The average molecular weight is 441 g/mol. The van der Waals surface area contributed by atoms with Crippen LogP contribution in [0.2, 0.25) is 0 Å². The van der Waals surface area contributed by atoms with Crippen molar-refractivity contribution in [3.63, 3.8) is 0 Å². The lowest BCUT2D eigenvalue weighted by molar-refractivity contribution is -0.195. The van der Waals surface area contributed by atoms with E-state index in [1.54, 1.807) is 0 Å². The number of rotatable bonds is 6. The Labute approximate surface area is 195 Å². The highest BCUT2D eigenvalue weighted by atomic mass is 16.5. The number of aliphatic hydroxyl groups is 1. The van der Waals surface area contributed by atoms with Gasteiger partial charge in [-0.25, -0.2) is 4.98 Å². The van der Waals surface area contributed by atoms with Crippen LogP contribution in [0.4, 0.5) is 0 Å². The second kappa shape index (κ2) is 8.12. The smallest absolute Gasteiger partial charge is 0.145 e. The van der Waals surface area contributed by atoms with Crippen LogP contribution in [-0.2, 0) is 4.74 Å². The topological polar surface area (TPSA) is 47.3 Å². The first-order chi connectivity index (χ1) is 15.7. The second-order valence-electron chi connectivity index (χ2n) is 10.1. The van der Waals surface area contributed by atoms with Crippen molar-refractivity contribution >= 4 is 11.0 Å². The monoisotopic (exact) mass is 440 g/mol. The van der Waals surface area contributed by atoms with Gasteiger partial charge in [0.1, 0.15) is 5.82 Å². The molecule has 1 aliphatic carbocycles. The molecule has 3 aromatic carbocycles. The first-order valence-electron chi connectivity index (χ1n) is 11.8. The number of imidazole rings is 1. The van der Waals surface area contributed by atoms with Gasteiger partial charge in [0.2, 0.25) is 0 Å². The van der Waals surface area contributed by atoms with Crippen LogP contribution in [0.3, 0.4) is 0 Å². The first-order valence-corrected chi connectivity index (χ1v) is 11.8. The van der Waals surface area contributed by atoms with Crippen LogP contribution < -0.4 is 0 Å². The van der Waals surface area contributed by atoms with Crippen molar-refractivity contribution in [3.05, 3.63) is 84.4 Å². The molecule has 1 N–H and O–H groups in total. The molecule has 1 heterocycles. The highest BCUT2D eigenvalue weighted by Crippen LogP contribution is 2.43. The molecule has 0 radical (unpaired) electrons. The van der Waals surface area contributed by atoms with E-state index in [2.05, 4.69) is 71.3 Å². The number of nitrogens with zero attached hydrogens (tertiary/aromatic N) is 2. The number of hydrogen-bond acceptors (Lipinski definition) is 3. The fourth-order valence-corrected chi connectivity index (χ4v) is 4.45. The van der Waals surface area contributed by atoms with E-state index in [1.807, 2.05) is 39.8 Å². The van der Waals surface area contributed by atoms with Gasteiger partial charge in [-0.2, -0.15) is 0 Å². The molecular formula is C29H32N2O2. The van der Waals surface area contributed by atoms with Gasteiger partial charge in [-0.05, 0) is 70.4 Å². The predicted molar refractivity (Wildman–Crippen MR) is 134 cm³/mol. The van der Waals surface area contributed by atoms with E-state index in [-0.39, 0.29) is 6.10 Å². The van der Waals surface area contributed by atoms with Gasteiger partial charge >= 0.3 is 0 Å². The van der Waals surface area contributed by atoms with E-state index in [1.165, 1.54) is 5.56 Å². The Morgan fingerprint density at radius 3 is 2.15 bits per heavy atom. The third-order valence-corrected chi connectivity index (χ3v) is 7.30. The van der Waals surface area contributed by atoms with Crippen LogP contribution in [0.5, 0.6) is 0 Å². The van der Waals surface area contributed by atoms with Gasteiger partial charge in [0.25, 0.3) is 0 Å². The van der Waals surface area contributed by atoms with Gasteiger partial charge in [-0.3, -0.25) is 4.57 Å². The molecule has 1 aliphatic rings. The number of fused-ring (bicyclic) bond motifs is 1. The van der Waals surface area contributed by atoms with Gasteiger partial charge in [-0.15, -0.1) is 0 Å². The Hall–Kier alpha value is -2.95. The van der Waals surface area contributed by atoms with Crippen molar-refractivity contribution < 1.29 is 9.84 Å². The summed E-state index contributed by atoms with van der Waals surface area (Å²) >= 11 is 0. The Kier molecular flexibility index (Phi) is 5.38. The molecule has 2 unspecified atom stereocenters. The summed E-state index contributed by atoms with van der Waals surface area (Å²) in [5.41, 5.74) is 4.07. The van der Waals surface area contributed by atoms with E-state index in [4.69, 9.17) is 9.72 Å². The lowest BCUT2D eigenvalue weighted by atomic mass is 9.76. The molecule has 1 fully saturated rings. The first kappa shape index (κ1) is 21.9. The zero-order valence-electron chi connectivity index (χ0n) is 19.8. The second-order valence-corrected chi connectivity index (χ2v) is 10.1. The van der Waals surface area contributed by atoms with Crippen LogP contribution >= 0.6 is 0 Å². The zero-order valence-corrected chi connectivity index (χ0v) is 19.8. The van der Waals surface area contributed by atoms with Crippen molar-refractivity contribution in [2.45, 2.75) is 63.8 Å². The van der Waals surface area contributed by atoms with Crippen LogP contribution in [0.25, 0.3) is 28.1 Å². The van der Waals surface area contributed by atoms with Crippen molar-refractivity contribution in [3.8, 4) is 17.1 Å². The van der Waals surface area contributed by atoms with Crippen molar-refractivity contribution in [2.75, 3.05) is 0 Å². The molecule has 1 aromatic heterocycles. The Morgan fingerprint density at radius 1 is 0.848 bits per heavy atom. The number of hydrogen-bond donors (Lipinski definition) is 1. The molecule has 0 bridgehead atoms. The van der Waals surface area contributed by atoms with Crippen LogP contribution in [-0.4, -0.2) is 32.0 Å². The molecule has 0 spiro atoms. The molecule has 4 heteroatoms. The van der Waals surface area contributed by atoms with E-state index in [0.29, 0.717) is 5.92 Å². The third-order valence-electron chi connectivity index (χ3n) is 7.30. The minimum absolute atomic E-state index is 0.131. The van der Waals surface area contributed by atoms with E-state index >= 15 is 0 Å². The van der Waals surface area contributed by atoms with Gasteiger partial charge in [0, 0.05) is 17.2 Å². The fraction of sp³-hybridized carbons (Fsp3) is 0.345. The molecule has 4 nitrogen and oxygen atoms in total. The van der Waals surface area contributed by atoms with Crippen LogP contribution in [0.1, 0.15) is 52.0 Å². The minimum Gasteiger partial charge on any atom is -0.387 e. The maximum absolute atomic E-state index is 10.5. The molecule has 0 amide bonds. The summed E-state index contributed by atoms with van der Waals surface area (Å²) in [6, 6.07) is 27.4. The third kappa shape index (κ3) is 3.98. The van der Waals surface area contributed by atoms with Crippen LogP contribution in [0.15, 0.2) is 78.9 Å². The summed E-state index contributed by atoms with van der Waals surface area (Å²) < 4.78 is 8.60. The van der Waals surface area contributed by atoms with Crippen LogP contribution in [0, 0.1) is 0 Å². The summed E-state index contributed by atoms with van der Waals surface area (Å²) in [7, 11) is 0. The number of benzene rings is 3. The molecule has 0 aliphatic heterocycles. The minimum atomic E-state index is -0.895. The predicted octanol–water partition coefficient (Wildman–Crippen LogP) is 6.50.